The van der Waals surface area contributed by atoms with Gasteiger partial charge in [-0.05, 0) is 64.8 Å². The van der Waals surface area contributed by atoms with Crippen LogP contribution in [0, 0.1) is 0 Å². The molecular weight excluding hydrogens is 416 g/mol. The van der Waals surface area contributed by atoms with Crippen molar-refractivity contribution in [2.75, 3.05) is 0 Å². The molecule has 2 aromatic rings. The van der Waals surface area contributed by atoms with Crippen molar-refractivity contribution in [2.45, 2.75) is 51.0 Å². The van der Waals surface area contributed by atoms with Crippen LogP contribution in [0.2, 0.25) is 0 Å². The summed E-state index contributed by atoms with van der Waals surface area (Å²) in [6.45, 7) is 10.2. The molecule has 2 rings (SSSR count). The third-order valence-corrected chi connectivity index (χ3v) is 8.59. The maximum absolute atomic E-state index is 11.7. The largest absolute Gasteiger partial charge is 0.224 e. The molecule has 0 radical (unpaired) electrons. The Bertz CT molecular complexity index is 962. The fourth-order valence-corrected chi connectivity index (χ4v) is 3.36. The van der Waals surface area contributed by atoms with Crippen LogP contribution in [0.25, 0.3) is 12.2 Å². The van der Waals surface area contributed by atoms with Crippen LogP contribution in [0.5, 0.6) is 0 Å². The van der Waals surface area contributed by atoms with E-state index in [2.05, 4.69) is 0 Å². The Kier molecular flexibility index (Phi) is 8.81. The van der Waals surface area contributed by atoms with Crippen LogP contribution in [-0.2, 0) is 19.7 Å². The first-order valence-electron chi connectivity index (χ1n) is 9.61. The molecule has 2 aromatic carbocycles. The molecule has 0 aromatic heterocycles. The Morgan fingerprint density at radius 2 is 0.800 bits per heavy atom. The quantitative estimate of drug-likeness (QED) is 0.598. The third-order valence-electron chi connectivity index (χ3n) is 4.19. The number of hydrogen-bond donors (Lipinski definition) is 0. The lowest BCUT2D eigenvalue weighted by Crippen LogP contribution is -2.25. The Balaban J connectivity index is 0.000000300. The molecule has 0 N–H and O–H groups in total. The van der Waals surface area contributed by atoms with E-state index in [1.807, 2.05) is 60.7 Å². The highest BCUT2D eigenvalue weighted by molar-refractivity contribution is 7.96. The van der Waals surface area contributed by atoms with Gasteiger partial charge in [0.05, 0.1) is 9.49 Å². The molecule has 0 saturated heterocycles. The van der Waals surface area contributed by atoms with E-state index in [4.69, 9.17) is 0 Å². The molecule has 164 valence electrons. The van der Waals surface area contributed by atoms with Crippen molar-refractivity contribution in [1.82, 2.24) is 0 Å². The molecule has 0 atom stereocenters. The SMILES string of the molecule is CC(C)(C)S(=O)(=O)/C=C/c1ccccc1.CC(C)(C)S(=O)(=O)/C=C\c1ccccc1. The standard InChI is InChI=1S/2C12H16O2S/c2*1-12(2,3)15(13,14)10-9-11-7-5-4-6-8-11/h2*4-10H,1-3H3/b10-9+;10-9-. The van der Waals surface area contributed by atoms with Crippen molar-refractivity contribution in [3.8, 4) is 0 Å². The van der Waals surface area contributed by atoms with E-state index in [9.17, 15) is 16.8 Å². The Morgan fingerprint density at radius 3 is 1.03 bits per heavy atom. The van der Waals surface area contributed by atoms with Gasteiger partial charge in [-0.2, -0.15) is 0 Å². The molecule has 0 aliphatic rings. The van der Waals surface area contributed by atoms with Crippen LogP contribution in [-0.4, -0.2) is 26.3 Å². The second-order valence-corrected chi connectivity index (χ2v) is 13.9. The topological polar surface area (TPSA) is 68.3 Å². The summed E-state index contributed by atoms with van der Waals surface area (Å²) in [5.74, 6) is 0. The van der Waals surface area contributed by atoms with Crippen molar-refractivity contribution in [3.63, 3.8) is 0 Å². The summed E-state index contributed by atoms with van der Waals surface area (Å²) in [5, 5.41) is 2.56. The maximum atomic E-state index is 11.7. The van der Waals surface area contributed by atoms with Crippen molar-refractivity contribution in [2.24, 2.45) is 0 Å². The number of sulfone groups is 2. The minimum atomic E-state index is -3.18. The number of benzene rings is 2. The molecule has 30 heavy (non-hydrogen) atoms. The summed E-state index contributed by atoms with van der Waals surface area (Å²) in [6.07, 6.45) is 3.25. The predicted molar refractivity (Wildman–Crippen MR) is 128 cm³/mol. The number of rotatable bonds is 4. The van der Waals surface area contributed by atoms with Gasteiger partial charge in [0, 0.05) is 10.8 Å². The van der Waals surface area contributed by atoms with Gasteiger partial charge in [0.2, 0.25) is 0 Å². The second kappa shape index (κ2) is 10.2. The van der Waals surface area contributed by atoms with Crippen LogP contribution < -0.4 is 0 Å². The average molecular weight is 449 g/mol. The van der Waals surface area contributed by atoms with Crippen molar-refractivity contribution in [3.05, 3.63) is 82.6 Å². The van der Waals surface area contributed by atoms with E-state index in [1.54, 1.807) is 53.7 Å². The summed E-state index contributed by atoms with van der Waals surface area (Å²) >= 11 is 0. The molecule has 0 fully saturated rings. The molecule has 0 bridgehead atoms. The molecule has 0 saturated carbocycles. The van der Waals surface area contributed by atoms with Crippen molar-refractivity contribution in [1.29, 1.82) is 0 Å². The van der Waals surface area contributed by atoms with Gasteiger partial charge in [0.15, 0.2) is 19.7 Å². The van der Waals surface area contributed by atoms with Gasteiger partial charge in [-0.1, -0.05) is 60.7 Å². The highest BCUT2D eigenvalue weighted by Crippen LogP contribution is 2.19. The predicted octanol–water partition coefficient (Wildman–Crippen LogP) is 5.74. The molecular formula is C24H32O4S2. The lowest BCUT2D eigenvalue weighted by Gasteiger charge is -2.15. The van der Waals surface area contributed by atoms with Crippen LogP contribution in [0.15, 0.2) is 71.5 Å². The van der Waals surface area contributed by atoms with Crippen LogP contribution in [0.4, 0.5) is 0 Å². The van der Waals surface area contributed by atoms with Gasteiger partial charge >= 0.3 is 0 Å². The van der Waals surface area contributed by atoms with Gasteiger partial charge in [-0.3, -0.25) is 0 Å². The van der Waals surface area contributed by atoms with Crippen molar-refractivity contribution < 1.29 is 16.8 Å². The lowest BCUT2D eigenvalue weighted by molar-refractivity contribution is 0.569. The first-order valence-corrected chi connectivity index (χ1v) is 12.7. The third kappa shape index (κ3) is 8.28. The van der Waals surface area contributed by atoms with Gasteiger partial charge in [-0.15, -0.1) is 0 Å². The van der Waals surface area contributed by atoms with Crippen molar-refractivity contribution >= 4 is 31.8 Å². The van der Waals surface area contributed by atoms with Gasteiger partial charge < -0.3 is 0 Å². The van der Waals surface area contributed by atoms with Gasteiger partial charge in [0.25, 0.3) is 0 Å². The first-order chi connectivity index (χ1) is 13.7. The monoisotopic (exact) mass is 448 g/mol. The van der Waals surface area contributed by atoms with Crippen LogP contribution >= 0.6 is 0 Å². The lowest BCUT2D eigenvalue weighted by atomic mass is 10.2. The van der Waals surface area contributed by atoms with E-state index in [1.165, 1.54) is 10.8 Å². The highest BCUT2D eigenvalue weighted by atomic mass is 32.2. The fourth-order valence-electron chi connectivity index (χ4n) is 1.87. The molecule has 0 spiro atoms. The zero-order valence-electron chi connectivity index (χ0n) is 18.5. The Morgan fingerprint density at radius 1 is 0.533 bits per heavy atom. The van der Waals surface area contributed by atoms with Gasteiger partial charge in [0.1, 0.15) is 0 Å². The minimum Gasteiger partial charge on any atom is -0.224 e. The highest BCUT2D eigenvalue weighted by Gasteiger charge is 2.26. The Labute approximate surface area is 182 Å². The molecule has 0 aliphatic carbocycles. The number of hydrogen-bond acceptors (Lipinski definition) is 4. The fraction of sp³-hybridized carbons (Fsp3) is 0.333. The molecule has 4 nitrogen and oxygen atoms in total. The summed E-state index contributed by atoms with van der Waals surface area (Å²) in [5.41, 5.74) is 1.79. The van der Waals surface area contributed by atoms with E-state index in [0.717, 1.165) is 11.1 Å². The minimum absolute atomic E-state index is 0.738. The summed E-state index contributed by atoms with van der Waals surface area (Å²) in [4.78, 5) is 0. The summed E-state index contributed by atoms with van der Waals surface area (Å²) in [7, 11) is -6.35. The van der Waals surface area contributed by atoms with Gasteiger partial charge in [-0.25, -0.2) is 16.8 Å². The zero-order chi connectivity index (χ0) is 23.1. The summed E-state index contributed by atoms with van der Waals surface area (Å²) < 4.78 is 45.5. The molecule has 6 heteroatoms. The smallest absolute Gasteiger partial charge is 0.176 e. The second-order valence-electron chi connectivity index (χ2n) is 8.74. The molecule has 0 unspecified atom stereocenters. The first kappa shape index (κ1) is 25.9. The van der Waals surface area contributed by atoms with Crippen LogP contribution in [0.3, 0.4) is 0 Å². The average Bonchev–Trinajstić information content (AvgIpc) is 2.65. The van der Waals surface area contributed by atoms with E-state index in [-0.39, 0.29) is 0 Å². The molecule has 0 heterocycles. The maximum Gasteiger partial charge on any atom is 0.176 e. The molecule has 0 aliphatic heterocycles. The van der Waals surface area contributed by atoms with E-state index >= 15 is 0 Å². The normalized spacial score (nSPS) is 13.3. The summed E-state index contributed by atoms with van der Waals surface area (Å²) in [6, 6.07) is 18.8. The van der Waals surface area contributed by atoms with Crippen LogP contribution in [0.1, 0.15) is 52.7 Å². The Hall–Kier alpha value is -2.18. The molecule has 0 amide bonds. The zero-order valence-corrected chi connectivity index (χ0v) is 20.2. The van der Waals surface area contributed by atoms with E-state index < -0.39 is 29.2 Å². The van der Waals surface area contributed by atoms with E-state index in [0.29, 0.717) is 0 Å².